The SMILES string of the molecule is N#Cc1cccc(C2(C(=O)O)CCC(F)(F)CC2)c1. The number of carbonyl (C=O) groups is 1. The van der Waals surface area contributed by atoms with Gasteiger partial charge >= 0.3 is 5.97 Å². The Morgan fingerprint density at radius 3 is 2.42 bits per heavy atom. The van der Waals surface area contributed by atoms with Crippen LogP contribution in [0.1, 0.15) is 36.8 Å². The fraction of sp³-hybridized carbons (Fsp3) is 0.429. The average Bonchev–Trinajstić information content (AvgIpc) is 2.39. The van der Waals surface area contributed by atoms with Crippen LogP contribution in [0.4, 0.5) is 8.78 Å². The Hall–Kier alpha value is -1.96. The number of hydrogen-bond donors (Lipinski definition) is 1. The van der Waals surface area contributed by atoms with Gasteiger partial charge in [0.25, 0.3) is 0 Å². The number of hydrogen-bond acceptors (Lipinski definition) is 2. The monoisotopic (exact) mass is 265 g/mol. The lowest BCUT2D eigenvalue weighted by Crippen LogP contribution is -2.42. The molecule has 0 atom stereocenters. The van der Waals surface area contributed by atoms with E-state index < -0.39 is 30.1 Å². The number of alkyl halides is 2. The van der Waals surface area contributed by atoms with Crippen LogP contribution < -0.4 is 0 Å². The molecule has 0 amide bonds. The molecule has 19 heavy (non-hydrogen) atoms. The molecule has 1 fully saturated rings. The largest absolute Gasteiger partial charge is 0.481 e. The summed E-state index contributed by atoms with van der Waals surface area (Å²) < 4.78 is 26.5. The molecule has 1 aromatic rings. The molecule has 1 N–H and O–H groups in total. The zero-order valence-electron chi connectivity index (χ0n) is 10.2. The molecule has 2 rings (SSSR count). The normalized spacial score (nSPS) is 20.5. The Morgan fingerprint density at radius 1 is 1.26 bits per heavy atom. The van der Waals surface area contributed by atoms with E-state index in [2.05, 4.69) is 0 Å². The fourth-order valence-corrected chi connectivity index (χ4v) is 2.55. The molecule has 0 radical (unpaired) electrons. The van der Waals surface area contributed by atoms with Crippen molar-refractivity contribution in [3.05, 3.63) is 35.4 Å². The summed E-state index contributed by atoms with van der Waals surface area (Å²) in [7, 11) is 0. The minimum Gasteiger partial charge on any atom is -0.481 e. The molecule has 1 saturated carbocycles. The number of aliphatic carboxylic acids is 1. The third-order valence-corrected chi connectivity index (χ3v) is 3.79. The van der Waals surface area contributed by atoms with Gasteiger partial charge in [0.2, 0.25) is 5.92 Å². The van der Waals surface area contributed by atoms with E-state index >= 15 is 0 Å². The second-order valence-electron chi connectivity index (χ2n) is 4.94. The van der Waals surface area contributed by atoms with Gasteiger partial charge in [-0.1, -0.05) is 12.1 Å². The summed E-state index contributed by atoms with van der Waals surface area (Å²) in [5.74, 6) is -3.88. The summed E-state index contributed by atoms with van der Waals surface area (Å²) in [6, 6.07) is 8.17. The number of nitriles is 1. The van der Waals surface area contributed by atoms with Crippen molar-refractivity contribution in [1.82, 2.24) is 0 Å². The first-order chi connectivity index (χ1) is 8.89. The van der Waals surface area contributed by atoms with Crippen molar-refractivity contribution < 1.29 is 18.7 Å². The van der Waals surface area contributed by atoms with Gasteiger partial charge in [0.15, 0.2) is 0 Å². The molecular weight excluding hydrogens is 252 g/mol. The highest BCUT2D eigenvalue weighted by molar-refractivity contribution is 5.81. The van der Waals surface area contributed by atoms with Gasteiger partial charge in [-0.05, 0) is 30.5 Å². The summed E-state index contributed by atoms with van der Waals surface area (Å²) in [4.78, 5) is 11.6. The van der Waals surface area contributed by atoms with Crippen LogP contribution >= 0.6 is 0 Å². The van der Waals surface area contributed by atoms with Crippen molar-refractivity contribution in [1.29, 1.82) is 5.26 Å². The maximum absolute atomic E-state index is 13.2. The van der Waals surface area contributed by atoms with Crippen LogP contribution in [0.5, 0.6) is 0 Å². The molecule has 5 heteroatoms. The van der Waals surface area contributed by atoms with E-state index in [1.165, 1.54) is 6.07 Å². The molecule has 0 spiro atoms. The number of halogens is 2. The second-order valence-corrected chi connectivity index (χ2v) is 4.94. The van der Waals surface area contributed by atoms with Gasteiger partial charge in [-0.25, -0.2) is 8.78 Å². The zero-order valence-corrected chi connectivity index (χ0v) is 10.2. The first-order valence-electron chi connectivity index (χ1n) is 6.01. The lowest BCUT2D eigenvalue weighted by Gasteiger charge is -2.37. The lowest BCUT2D eigenvalue weighted by atomic mass is 9.68. The van der Waals surface area contributed by atoms with Crippen molar-refractivity contribution in [2.24, 2.45) is 0 Å². The Morgan fingerprint density at radius 2 is 1.89 bits per heavy atom. The van der Waals surface area contributed by atoms with Crippen molar-refractivity contribution in [2.75, 3.05) is 0 Å². The van der Waals surface area contributed by atoms with Crippen molar-refractivity contribution in [3.8, 4) is 6.07 Å². The minimum absolute atomic E-state index is 0.107. The number of nitrogens with zero attached hydrogens (tertiary/aromatic N) is 1. The second kappa shape index (κ2) is 4.61. The average molecular weight is 265 g/mol. The highest BCUT2D eigenvalue weighted by atomic mass is 19.3. The van der Waals surface area contributed by atoms with Crippen LogP contribution in [0.25, 0.3) is 0 Å². The summed E-state index contributed by atoms with van der Waals surface area (Å²) in [5.41, 5.74) is -0.515. The highest BCUT2D eigenvalue weighted by Crippen LogP contribution is 2.45. The van der Waals surface area contributed by atoms with E-state index in [4.69, 9.17) is 5.26 Å². The number of rotatable bonds is 2. The molecule has 1 aromatic carbocycles. The molecule has 0 unspecified atom stereocenters. The van der Waals surface area contributed by atoms with Crippen LogP contribution in [0, 0.1) is 11.3 Å². The van der Waals surface area contributed by atoms with Crippen LogP contribution in [0.15, 0.2) is 24.3 Å². The van der Waals surface area contributed by atoms with E-state index in [1.54, 1.807) is 18.2 Å². The molecule has 0 saturated heterocycles. The number of benzene rings is 1. The summed E-state index contributed by atoms with van der Waals surface area (Å²) in [6.07, 6.45) is -1.08. The Kier molecular flexibility index (Phi) is 3.27. The third kappa shape index (κ3) is 2.43. The molecular formula is C14H13F2NO2. The predicted octanol–water partition coefficient (Wildman–Crippen LogP) is 3.09. The molecule has 1 aliphatic rings. The molecule has 0 aromatic heterocycles. The van der Waals surface area contributed by atoms with Crippen molar-refractivity contribution in [3.63, 3.8) is 0 Å². The smallest absolute Gasteiger partial charge is 0.314 e. The summed E-state index contributed by atoms with van der Waals surface area (Å²) >= 11 is 0. The predicted molar refractivity (Wildman–Crippen MR) is 63.9 cm³/mol. The molecule has 100 valence electrons. The summed E-state index contributed by atoms with van der Waals surface area (Å²) in [5, 5.41) is 18.3. The Bertz CT molecular complexity index is 539. The zero-order chi connectivity index (χ0) is 14.1. The topological polar surface area (TPSA) is 61.1 Å². The molecule has 1 aliphatic carbocycles. The van der Waals surface area contributed by atoms with Crippen LogP contribution in [-0.2, 0) is 10.2 Å². The van der Waals surface area contributed by atoms with Gasteiger partial charge in [0, 0.05) is 12.8 Å². The minimum atomic E-state index is -2.79. The number of carboxylic acid groups (broad SMARTS) is 1. The van der Waals surface area contributed by atoms with Crippen LogP contribution in [0.3, 0.4) is 0 Å². The first-order valence-corrected chi connectivity index (χ1v) is 6.01. The fourth-order valence-electron chi connectivity index (χ4n) is 2.55. The van der Waals surface area contributed by atoms with E-state index in [9.17, 15) is 18.7 Å². The number of carboxylic acids is 1. The van der Waals surface area contributed by atoms with E-state index in [0.717, 1.165) is 0 Å². The third-order valence-electron chi connectivity index (χ3n) is 3.79. The van der Waals surface area contributed by atoms with Crippen molar-refractivity contribution in [2.45, 2.75) is 37.0 Å². The summed E-state index contributed by atoms with van der Waals surface area (Å²) in [6.45, 7) is 0. The molecule has 0 bridgehead atoms. The lowest BCUT2D eigenvalue weighted by molar-refractivity contribution is -0.149. The Balaban J connectivity index is 2.41. The molecule has 0 heterocycles. The standard InChI is InChI=1S/C14H13F2NO2/c15-14(16)6-4-13(5-7-14,12(18)19)11-3-1-2-10(8-11)9-17/h1-3,8H,4-7H2,(H,18,19). The maximum Gasteiger partial charge on any atom is 0.314 e. The quantitative estimate of drug-likeness (QED) is 0.893. The molecule has 3 nitrogen and oxygen atoms in total. The van der Waals surface area contributed by atoms with Gasteiger partial charge in [-0.2, -0.15) is 5.26 Å². The van der Waals surface area contributed by atoms with Crippen molar-refractivity contribution >= 4 is 5.97 Å². The van der Waals surface area contributed by atoms with Crippen LogP contribution in [-0.4, -0.2) is 17.0 Å². The van der Waals surface area contributed by atoms with Gasteiger partial charge in [-0.15, -0.1) is 0 Å². The highest BCUT2D eigenvalue weighted by Gasteiger charge is 2.49. The van der Waals surface area contributed by atoms with Gasteiger partial charge in [0.05, 0.1) is 17.0 Å². The van der Waals surface area contributed by atoms with Crippen LogP contribution in [0.2, 0.25) is 0 Å². The van der Waals surface area contributed by atoms with Gasteiger partial charge in [0.1, 0.15) is 0 Å². The Labute approximate surface area is 109 Å². The maximum atomic E-state index is 13.2. The van der Waals surface area contributed by atoms with E-state index in [-0.39, 0.29) is 12.8 Å². The van der Waals surface area contributed by atoms with Gasteiger partial charge in [-0.3, -0.25) is 4.79 Å². The van der Waals surface area contributed by atoms with Gasteiger partial charge < -0.3 is 5.11 Å². The first kappa shape index (κ1) is 13.5. The molecule has 0 aliphatic heterocycles. The van der Waals surface area contributed by atoms with E-state index in [0.29, 0.717) is 11.1 Å². The van der Waals surface area contributed by atoms with E-state index in [1.807, 2.05) is 6.07 Å².